The summed E-state index contributed by atoms with van der Waals surface area (Å²) in [5, 5.41) is 4.37. The van der Waals surface area contributed by atoms with Gasteiger partial charge in [-0.15, -0.1) is 0 Å². The van der Waals surface area contributed by atoms with E-state index in [-0.39, 0.29) is 6.10 Å². The number of nitrogens with zero attached hydrogens (tertiary/aromatic N) is 3. The monoisotopic (exact) mass is 408 g/mol. The molecule has 7 nitrogen and oxygen atoms in total. The average Bonchev–Trinajstić information content (AvgIpc) is 3.30. The van der Waals surface area contributed by atoms with Crippen molar-refractivity contribution in [2.24, 2.45) is 0 Å². The molecule has 0 amide bonds. The summed E-state index contributed by atoms with van der Waals surface area (Å²) in [4.78, 5) is 11.7. The molecule has 0 bridgehead atoms. The van der Waals surface area contributed by atoms with Crippen molar-refractivity contribution in [3.8, 4) is 22.9 Å². The Labute approximate surface area is 177 Å². The molecule has 0 radical (unpaired) electrons. The maximum Gasteiger partial charge on any atom is 0.162 e. The molecule has 1 N–H and O–H groups in total. The first-order valence-corrected chi connectivity index (χ1v) is 10.2. The summed E-state index contributed by atoms with van der Waals surface area (Å²) in [5.41, 5.74) is 2.88. The van der Waals surface area contributed by atoms with Gasteiger partial charge in [0, 0.05) is 50.0 Å². The Morgan fingerprint density at radius 3 is 2.43 bits per heavy atom. The van der Waals surface area contributed by atoms with E-state index in [1.165, 1.54) is 0 Å². The number of nitrogens with one attached hydrogen (secondary N) is 1. The number of fused-ring (bicyclic) bond motifs is 1. The zero-order valence-corrected chi connectivity index (χ0v) is 17.9. The number of rotatable bonds is 7. The lowest BCUT2D eigenvalue weighted by molar-refractivity contribution is 0.120. The molecule has 0 saturated carbocycles. The van der Waals surface area contributed by atoms with Gasteiger partial charge in [0.15, 0.2) is 17.3 Å². The third-order valence-electron chi connectivity index (χ3n) is 5.36. The van der Waals surface area contributed by atoms with Gasteiger partial charge in [-0.3, -0.25) is 0 Å². The van der Waals surface area contributed by atoms with Crippen LogP contribution in [0.25, 0.3) is 22.3 Å². The van der Waals surface area contributed by atoms with Crippen LogP contribution in [0.5, 0.6) is 11.5 Å². The normalized spacial score (nSPS) is 15.9. The van der Waals surface area contributed by atoms with E-state index in [0.29, 0.717) is 23.9 Å². The molecule has 1 unspecified atom stereocenters. The molecule has 2 heterocycles. The van der Waals surface area contributed by atoms with Crippen LogP contribution in [0.1, 0.15) is 12.8 Å². The second kappa shape index (κ2) is 8.75. The first kappa shape index (κ1) is 20.2. The molecule has 1 aromatic heterocycles. The summed E-state index contributed by atoms with van der Waals surface area (Å²) in [5.74, 6) is 2.72. The molecule has 4 rings (SSSR count). The SMILES string of the molecule is COc1cc2nc(-c3ccc(N(C)C)cc3)nc(NCC3CCCO3)c2cc1OC. The number of anilines is 2. The van der Waals surface area contributed by atoms with Gasteiger partial charge < -0.3 is 24.4 Å². The second-order valence-electron chi connectivity index (χ2n) is 7.58. The first-order valence-electron chi connectivity index (χ1n) is 10.2. The van der Waals surface area contributed by atoms with E-state index >= 15 is 0 Å². The highest BCUT2D eigenvalue weighted by atomic mass is 16.5. The van der Waals surface area contributed by atoms with E-state index in [1.807, 2.05) is 38.4 Å². The largest absolute Gasteiger partial charge is 0.493 e. The van der Waals surface area contributed by atoms with Gasteiger partial charge in [-0.1, -0.05) is 0 Å². The van der Waals surface area contributed by atoms with Crippen molar-refractivity contribution in [3.05, 3.63) is 36.4 Å². The second-order valence-corrected chi connectivity index (χ2v) is 7.58. The lowest BCUT2D eigenvalue weighted by atomic mass is 10.1. The van der Waals surface area contributed by atoms with Gasteiger partial charge in [-0.25, -0.2) is 9.97 Å². The summed E-state index contributed by atoms with van der Waals surface area (Å²) < 4.78 is 16.7. The highest BCUT2D eigenvalue weighted by Gasteiger charge is 2.18. The maximum absolute atomic E-state index is 5.76. The maximum atomic E-state index is 5.76. The third kappa shape index (κ3) is 4.11. The number of aromatic nitrogens is 2. The molecule has 1 aliphatic heterocycles. The molecule has 1 saturated heterocycles. The van der Waals surface area contributed by atoms with Crippen LogP contribution in [0.4, 0.5) is 11.5 Å². The molecule has 7 heteroatoms. The molecular formula is C23H28N4O3. The van der Waals surface area contributed by atoms with Crippen molar-refractivity contribution in [2.75, 3.05) is 51.7 Å². The highest BCUT2D eigenvalue weighted by Crippen LogP contribution is 2.35. The molecule has 2 aromatic carbocycles. The fraction of sp³-hybridized carbons (Fsp3) is 0.391. The summed E-state index contributed by atoms with van der Waals surface area (Å²) in [6, 6.07) is 12.0. The fourth-order valence-electron chi connectivity index (χ4n) is 3.64. The molecule has 30 heavy (non-hydrogen) atoms. The van der Waals surface area contributed by atoms with Crippen LogP contribution in [-0.4, -0.2) is 57.5 Å². The van der Waals surface area contributed by atoms with Crippen molar-refractivity contribution < 1.29 is 14.2 Å². The Hall–Kier alpha value is -3.06. The van der Waals surface area contributed by atoms with Gasteiger partial charge in [-0.05, 0) is 43.2 Å². The molecule has 1 atom stereocenters. The van der Waals surface area contributed by atoms with Gasteiger partial charge in [0.05, 0.1) is 25.8 Å². The van der Waals surface area contributed by atoms with E-state index in [0.717, 1.165) is 47.4 Å². The van der Waals surface area contributed by atoms with Gasteiger partial charge >= 0.3 is 0 Å². The molecule has 1 fully saturated rings. The van der Waals surface area contributed by atoms with E-state index < -0.39 is 0 Å². The van der Waals surface area contributed by atoms with Crippen LogP contribution in [-0.2, 0) is 4.74 Å². The minimum absolute atomic E-state index is 0.206. The van der Waals surface area contributed by atoms with Crippen molar-refractivity contribution in [3.63, 3.8) is 0 Å². The molecular weight excluding hydrogens is 380 g/mol. The van der Waals surface area contributed by atoms with Crippen molar-refractivity contribution >= 4 is 22.4 Å². The van der Waals surface area contributed by atoms with Crippen molar-refractivity contribution in [1.82, 2.24) is 9.97 Å². The minimum atomic E-state index is 0.206. The van der Waals surface area contributed by atoms with Crippen molar-refractivity contribution in [2.45, 2.75) is 18.9 Å². The van der Waals surface area contributed by atoms with E-state index in [4.69, 9.17) is 24.2 Å². The smallest absolute Gasteiger partial charge is 0.162 e. The lowest BCUT2D eigenvalue weighted by Gasteiger charge is -2.16. The summed E-state index contributed by atoms with van der Waals surface area (Å²) >= 11 is 0. The Morgan fingerprint density at radius 2 is 1.80 bits per heavy atom. The quantitative estimate of drug-likeness (QED) is 0.634. The van der Waals surface area contributed by atoms with Crippen molar-refractivity contribution in [1.29, 1.82) is 0 Å². The summed E-state index contributed by atoms with van der Waals surface area (Å²) in [6.07, 6.45) is 2.37. The summed E-state index contributed by atoms with van der Waals surface area (Å²) in [7, 11) is 7.30. The Bertz CT molecular complexity index is 1020. The summed E-state index contributed by atoms with van der Waals surface area (Å²) in [6.45, 7) is 1.53. The number of benzene rings is 2. The van der Waals surface area contributed by atoms with Crippen LogP contribution >= 0.6 is 0 Å². The number of methoxy groups -OCH3 is 2. The van der Waals surface area contributed by atoms with Gasteiger partial charge in [0.2, 0.25) is 0 Å². The molecule has 158 valence electrons. The van der Waals surface area contributed by atoms with Crippen LogP contribution < -0.4 is 19.7 Å². The molecule has 1 aliphatic rings. The predicted molar refractivity (Wildman–Crippen MR) is 120 cm³/mol. The minimum Gasteiger partial charge on any atom is -0.493 e. The average molecular weight is 409 g/mol. The van der Waals surface area contributed by atoms with Gasteiger partial charge in [0.1, 0.15) is 5.82 Å². The van der Waals surface area contributed by atoms with E-state index in [9.17, 15) is 0 Å². The Balaban J connectivity index is 1.77. The predicted octanol–water partition coefficient (Wildman–Crippen LogP) is 3.97. The standard InChI is InChI=1S/C23H28N4O3/c1-27(2)16-9-7-15(8-10-16)22-25-19-13-21(29-4)20(28-3)12-18(19)23(26-22)24-14-17-6-5-11-30-17/h7-10,12-13,17H,5-6,11,14H2,1-4H3,(H,24,25,26). The van der Waals surface area contributed by atoms with E-state index in [1.54, 1.807) is 14.2 Å². The zero-order chi connectivity index (χ0) is 21.1. The molecule has 0 spiro atoms. The number of hydrogen-bond acceptors (Lipinski definition) is 7. The first-order chi connectivity index (χ1) is 14.6. The Morgan fingerprint density at radius 1 is 1.07 bits per heavy atom. The highest BCUT2D eigenvalue weighted by molar-refractivity contribution is 5.93. The number of ether oxygens (including phenoxy) is 3. The fourth-order valence-corrected chi connectivity index (χ4v) is 3.64. The number of hydrogen-bond donors (Lipinski definition) is 1. The Kier molecular flexibility index (Phi) is 5.90. The van der Waals surface area contributed by atoms with Crippen LogP contribution in [0, 0.1) is 0 Å². The van der Waals surface area contributed by atoms with E-state index in [2.05, 4.69) is 22.3 Å². The van der Waals surface area contributed by atoms with Crippen LogP contribution in [0.3, 0.4) is 0 Å². The van der Waals surface area contributed by atoms with Gasteiger partial charge in [-0.2, -0.15) is 0 Å². The molecule has 3 aromatic rings. The van der Waals surface area contributed by atoms with Crippen LogP contribution in [0.2, 0.25) is 0 Å². The van der Waals surface area contributed by atoms with Gasteiger partial charge in [0.25, 0.3) is 0 Å². The topological polar surface area (TPSA) is 68.7 Å². The lowest BCUT2D eigenvalue weighted by Crippen LogP contribution is -2.19. The molecule has 0 aliphatic carbocycles. The zero-order valence-electron chi connectivity index (χ0n) is 17.9. The third-order valence-corrected chi connectivity index (χ3v) is 5.36. The van der Waals surface area contributed by atoms with Crippen LogP contribution in [0.15, 0.2) is 36.4 Å².